The van der Waals surface area contributed by atoms with E-state index >= 15 is 0 Å². The van der Waals surface area contributed by atoms with E-state index in [0.29, 0.717) is 5.92 Å². The lowest BCUT2D eigenvalue weighted by atomic mass is 9.57. The first-order chi connectivity index (χ1) is 7.33. The molecule has 2 fully saturated rings. The minimum atomic E-state index is -0.425. The smallest absolute Gasteiger partial charge is 0.0870 e. The lowest BCUT2D eigenvalue weighted by molar-refractivity contribution is -0.0435. The highest BCUT2D eigenvalue weighted by molar-refractivity contribution is 5.12. The van der Waals surface area contributed by atoms with E-state index in [1.54, 1.807) is 7.11 Å². The molecule has 0 aromatic rings. The van der Waals surface area contributed by atoms with Gasteiger partial charge < -0.3 is 9.84 Å². The molecule has 93 valence electrons. The summed E-state index contributed by atoms with van der Waals surface area (Å²) in [4.78, 5) is 0. The topological polar surface area (TPSA) is 29.5 Å². The Bertz CT molecular complexity index is 268. The summed E-state index contributed by atoms with van der Waals surface area (Å²) in [5.74, 6) is 0.407. The molecule has 0 aromatic carbocycles. The van der Waals surface area contributed by atoms with Crippen molar-refractivity contribution in [3.8, 4) is 0 Å². The van der Waals surface area contributed by atoms with Crippen LogP contribution in [-0.2, 0) is 4.74 Å². The summed E-state index contributed by atoms with van der Waals surface area (Å²) in [6.45, 7) is 8.89. The molecule has 2 aliphatic rings. The molecule has 0 saturated heterocycles. The van der Waals surface area contributed by atoms with Gasteiger partial charge in [0.15, 0.2) is 0 Å². The Morgan fingerprint density at radius 3 is 2.56 bits per heavy atom. The second-order valence-electron chi connectivity index (χ2n) is 6.84. The van der Waals surface area contributed by atoms with Crippen LogP contribution < -0.4 is 0 Å². The number of methoxy groups -OCH3 is 1. The van der Waals surface area contributed by atoms with Gasteiger partial charge in [-0.3, -0.25) is 0 Å². The van der Waals surface area contributed by atoms with E-state index in [9.17, 15) is 5.11 Å². The van der Waals surface area contributed by atoms with E-state index in [-0.39, 0.29) is 10.8 Å². The van der Waals surface area contributed by atoms with Gasteiger partial charge in [-0.2, -0.15) is 0 Å². The van der Waals surface area contributed by atoms with E-state index < -0.39 is 5.60 Å². The van der Waals surface area contributed by atoms with Gasteiger partial charge in [0.25, 0.3) is 0 Å². The summed E-state index contributed by atoms with van der Waals surface area (Å²) >= 11 is 0. The van der Waals surface area contributed by atoms with E-state index in [4.69, 9.17) is 4.74 Å². The molecule has 1 N–H and O–H groups in total. The van der Waals surface area contributed by atoms with Crippen molar-refractivity contribution in [1.29, 1.82) is 0 Å². The molecule has 2 rings (SSSR count). The fraction of sp³-hybridized carbons (Fsp3) is 0.929. The molecule has 2 nitrogen and oxygen atoms in total. The first kappa shape index (κ1) is 12.4. The second kappa shape index (κ2) is 3.71. The summed E-state index contributed by atoms with van der Waals surface area (Å²) in [6, 6.07) is 0. The molecule has 0 spiro atoms. The van der Waals surface area contributed by atoms with E-state index in [1.165, 1.54) is 6.42 Å². The third kappa shape index (κ3) is 1.70. The molecule has 2 bridgehead atoms. The quantitative estimate of drug-likeness (QED) is 0.782. The number of rotatable bonds is 2. The molecule has 0 aliphatic heterocycles. The zero-order chi connectivity index (χ0) is 12.0. The molecular formula is C14H25O2. The fourth-order valence-electron chi connectivity index (χ4n) is 4.13. The van der Waals surface area contributed by atoms with Crippen molar-refractivity contribution in [2.75, 3.05) is 7.11 Å². The lowest BCUT2D eigenvalue weighted by Crippen LogP contribution is -2.43. The Balaban J connectivity index is 2.32. The van der Waals surface area contributed by atoms with Gasteiger partial charge in [-0.25, -0.2) is 0 Å². The van der Waals surface area contributed by atoms with Crippen LogP contribution in [0.1, 0.15) is 52.9 Å². The average Bonchev–Trinajstić information content (AvgIpc) is 2.34. The van der Waals surface area contributed by atoms with Gasteiger partial charge >= 0.3 is 0 Å². The highest BCUT2D eigenvalue weighted by Crippen LogP contribution is 2.64. The summed E-state index contributed by atoms with van der Waals surface area (Å²) in [6.07, 6.45) is 5.19. The number of hydrogen-bond acceptors (Lipinski definition) is 2. The van der Waals surface area contributed by atoms with Crippen molar-refractivity contribution in [3.05, 3.63) is 6.61 Å². The van der Waals surface area contributed by atoms with E-state index in [0.717, 1.165) is 25.7 Å². The molecule has 0 aromatic heterocycles. The number of aliphatic hydroxyl groups is 1. The lowest BCUT2D eigenvalue weighted by Gasteiger charge is -2.49. The van der Waals surface area contributed by atoms with Crippen LogP contribution in [0.5, 0.6) is 0 Å². The van der Waals surface area contributed by atoms with Gasteiger partial charge in [-0.15, -0.1) is 0 Å². The Labute approximate surface area is 99.4 Å². The molecule has 3 atom stereocenters. The molecular weight excluding hydrogens is 200 g/mol. The summed E-state index contributed by atoms with van der Waals surface area (Å²) in [7, 11) is 1.72. The normalized spacial score (nSPS) is 43.7. The maximum atomic E-state index is 10.6. The number of fused-ring (bicyclic) bond motifs is 2. The zero-order valence-electron chi connectivity index (χ0n) is 11.0. The predicted molar refractivity (Wildman–Crippen MR) is 64.7 cm³/mol. The summed E-state index contributed by atoms with van der Waals surface area (Å²) in [5, 5.41) is 10.6. The summed E-state index contributed by atoms with van der Waals surface area (Å²) in [5.41, 5.74) is 0.0405. The highest BCUT2D eigenvalue weighted by Gasteiger charge is 2.60. The number of ether oxygens (including phenoxy) is 1. The molecule has 3 unspecified atom stereocenters. The third-order valence-corrected chi connectivity index (χ3v) is 5.01. The standard InChI is InChI=1S/C14H25O2/c1-12(2,3)14-7-5-6-13(15,10-14)8-11(14)9-16-4/h9,11,15H,5-8,10H2,1-4H3. The van der Waals surface area contributed by atoms with Gasteiger partial charge in [0.1, 0.15) is 0 Å². The van der Waals surface area contributed by atoms with E-state index in [2.05, 4.69) is 20.8 Å². The maximum Gasteiger partial charge on any atom is 0.0870 e. The third-order valence-electron chi connectivity index (χ3n) is 5.01. The van der Waals surface area contributed by atoms with Gasteiger partial charge in [-0.05, 0) is 42.4 Å². The van der Waals surface area contributed by atoms with Crippen molar-refractivity contribution in [2.45, 2.75) is 58.5 Å². The number of hydrogen-bond donors (Lipinski definition) is 1. The summed E-state index contributed by atoms with van der Waals surface area (Å²) < 4.78 is 5.26. The Morgan fingerprint density at radius 1 is 1.31 bits per heavy atom. The van der Waals surface area contributed by atoms with Crippen LogP contribution in [0.25, 0.3) is 0 Å². The SMILES string of the molecule is CO[CH]C1CC2(O)CCCC1(C(C)(C)C)C2. The second-order valence-corrected chi connectivity index (χ2v) is 6.84. The van der Waals surface area contributed by atoms with Crippen molar-refractivity contribution in [2.24, 2.45) is 16.7 Å². The molecule has 0 heterocycles. The Morgan fingerprint density at radius 2 is 2.00 bits per heavy atom. The first-order valence-electron chi connectivity index (χ1n) is 6.42. The highest BCUT2D eigenvalue weighted by atomic mass is 16.5. The van der Waals surface area contributed by atoms with Gasteiger partial charge in [0.05, 0.1) is 12.2 Å². The maximum absolute atomic E-state index is 10.6. The molecule has 0 amide bonds. The van der Waals surface area contributed by atoms with Crippen molar-refractivity contribution >= 4 is 0 Å². The van der Waals surface area contributed by atoms with Crippen LogP contribution >= 0.6 is 0 Å². The largest absolute Gasteiger partial charge is 0.390 e. The molecule has 2 heteroatoms. The Hall–Kier alpha value is -0.0800. The van der Waals surface area contributed by atoms with Crippen LogP contribution in [0, 0.1) is 23.4 Å². The fourth-order valence-corrected chi connectivity index (χ4v) is 4.13. The molecule has 1 radical (unpaired) electrons. The van der Waals surface area contributed by atoms with Crippen LogP contribution in [0.15, 0.2) is 0 Å². The van der Waals surface area contributed by atoms with Crippen molar-refractivity contribution < 1.29 is 9.84 Å². The van der Waals surface area contributed by atoms with E-state index in [1.807, 2.05) is 6.61 Å². The van der Waals surface area contributed by atoms with Gasteiger partial charge in [0, 0.05) is 7.11 Å². The van der Waals surface area contributed by atoms with Crippen molar-refractivity contribution in [3.63, 3.8) is 0 Å². The van der Waals surface area contributed by atoms with Crippen LogP contribution in [0.2, 0.25) is 0 Å². The van der Waals surface area contributed by atoms with Crippen molar-refractivity contribution in [1.82, 2.24) is 0 Å². The molecule has 2 saturated carbocycles. The predicted octanol–water partition coefficient (Wildman–Crippen LogP) is 3.15. The molecule has 2 aliphatic carbocycles. The monoisotopic (exact) mass is 225 g/mol. The Kier molecular flexibility index (Phi) is 2.87. The van der Waals surface area contributed by atoms with Crippen LogP contribution in [0.4, 0.5) is 0 Å². The minimum Gasteiger partial charge on any atom is -0.390 e. The first-order valence-corrected chi connectivity index (χ1v) is 6.42. The molecule has 16 heavy (non-hydrogen) atoms. The average molecular weight is 225 g/mol. The van der Waals surface area contributed by atoms with Gasteiger partial charge in [-0.1, -0.05) is 27.2 Å². The zero-order valence-corrected chi connectivity index (χ0v) is 11.0. The minimum absolute atomic E-state index is 0.232. The van der Waals surface area contributed by atoms with Crippen LogP contribution in [0.3, 0.4) is 0 Å². The van der Waals surface area contributed by atoms with Crippen LogP contribution in [-0.4, -0.2) is 17.8 Å². The van der Waals surface area contributed by atoms with Gasteiger partial charge in [0.2, 0.25) is 0 Å².